The Morgan fingerprint density at radius 1 is 0.975 bits per heavy atom. The molecule has 0 saturated carbocycles. The summed E-state index contributed by atoms with van der Waals surface area (Å²) in [5.74, 6) is -1.92. The summed E-state index contributed by atoms with van der Waals surface area (Å²) < 4.78 is 0. The lowest BCUT2D eigenvalue weighted by molar-refractivity contribution is -0.139. The van der Waals surface area contributed by atoms with E-state index in [-0.39, 0.29) is 27.9 Å². The van der Waals surface area contributed by atoms with Crippen molar-refractivity contribution in [3.05, 3.63) is 112 Å². The highest BCUT2D eigenvalue weighted by Crippen LogP contribution is 2.26. The zero-order valence-corrected chi connectivity index (χ0v) is 22.7. The van der Waals surface area contributed by atoms with E-state index in [1.54, 1.807) is 35.5 Å². The van der Waals surface area contributed by atoms with Crippen molar-refractivity contribution in [3.8, 4) is 0 Å². The molecule has 0 fully saturated rings. The number of benzene rings is 2. The number of para-hydroxylation sites is 1. The topological polar surface area (TPSA) is 112 Å². The highest BCUT2D eigenvalue weighted by molar-refractivity contribution is 6.39. The number of carboxylic acids is 1. The van der Waals surface area contributed by atoms with Gasteiger partial charge in [-0.3, -0.25) is 19.6 Å². The molecule has 0 aliphatic carbocycles. The number of carboxylic acid groups (broad SMARTS) is 1. The molecule has 4 aromatic rings. The summed E-state index contributed by atoms with van der Waals surface area (Å²) in [7, 11) is 0. The number of carbonyl (C=O) groups excluding carboxylic acids is 2. The van der Waals surface area contributed by atoms with Crippen LogP contribution in [0.5, 0.6) is 0 Å². The van der Waals surface area contributed by atoms with E-state index in [1.807, 2.05) is 36.4 Å². The molecule has 10 heteroatoms. The molecular formula is C30H24Cl2N4O4. The molecule has 2 aromatic heterocycles. The molecule has 8 nitrogen and oxygen atoms in total. The van der Waals surface area contributed by atoms with Crippen molar-refractivity contribution in [3.63, 3.8) is 0 Å². The molecule has 5 rings (SSSR count). The Balaban J connectivity index is 1.24. The van der Waals surface area contributed by atoms with Crippen molar-refractivity contribution in [1.82, 2.24) is 20.2 Å². The zero-order valence-electron chi connectivity index (χ0n) is 21.2. The second-order valence-corrected chi connectivity index (χ2v) is 10.1. The molecule has 0 spiro atoms. The van der Waals surface area contributed by atoms with Crippen LogP contribution in [0.1, 0.15) is 38.4 Å². The van der Waals surface area contributed by atoms with E-state index in [4.69, 9.17) is 23.2 Å². The summed E-state index contributed by atoms with van der Waals surface area (Å²) in [5.41, 5.74) is 3.88. The molecule has 40 heavy (non-hydrogen) atoms. The quantitative estimate of drug-likeness (QED) is 0.310. The first-order valence-corrected chi connectivity index (χ1v) is 13.3. The second-order valence-electron chi connectivity index (χ2n) is 9.31. The lowest BCUT2D eigenvalue weighted by Gasteiger charge is -2.27. The first kappa shape index (κ1) is 27.3. The van der Waals surface area contributed by atoms with Crippen LogP contribution < -0.4 is 5.32 Å². The van der Waals surface area contributed by atoms with Gasteiger partial charge in [-0.25, -0.2) is 4.79 Å². The predicted molar refractivity (Wildman–Crippen MR) is 154 cm³/mol. The Labute approximate surface area is 240 Å². The molecular weight excluding hydrogens is 551 g/mol. The van der Waals surface area contributed by atoms with Crippen molar-refractivity contribution in [2.75, 3.05) is 13.1 Å². The number of aromatic nitrogens is 2. The summed E-state index contributed by atoms with van der Waals surface area (Å²) in [6, 6.07) is 16.3. The molecule has 1 aliphatic rings. The minimum Gasteiger partial charge on any atom is -0.480 e. The van der Waals surface area contributed by atoms with Gasteiger partial charge in [0, 0.05) is 43.0 Å². The number of carbonyl (C=O) groups is 3. The molecule has 202 valence electrons. The number of hydrogen-bond acceptors (Lipinski definition) is 5. The number of halogens is 2. The van der Waals surface area contributed by atoms with Gasteiger partial charge in [0.1, 0.15) is 6.04 Å². The molecule has 0 radical (unpaired) electrons. The predicted octanol–water partition coefficient (Wildman–Crippen LogP) is 5.29. The van der Waals surface area contributed by atoms with Gasteiger partial charge in [-0.1, -0.05) is 59.6 Å². The average Bonchev–Trinajstić information content (AvgIpc) is 2.96. The van der Waals surface area contributed by atoms with Gasteiger partial charge in [0.25, 0.3) is 11.8 Å². The molecule has 3 heterocycles. The number of nitrogens with one attached hydrogen (secondary N) is 1. The molecule has 1 aliphatic heterocycles. The Bertz CT molecular complexity index is 1610. The molecule has 0 bridgehead atoms. The van der Waals surface area contributed by atoms with Crippen LogP contribution in [0.25, 0.3) is 16.5 Å². The smallest absolute Gasteiger partial charge is 0.326 e. The van der Waals surface area contributed by atoms with Crippen LogP contribution in [0, 0.1) is 0 Å². The van der Waals surface area contributed by atoms with Crippen LogP contribution in [-0.2, 0) is 11.2 Å². The highest BCUT2D eigenvalue weighted by atomic mass is 35.5. The molecule has 2 amide bonds. The maximum Gasteiger partial charge on any atom is 0.326 e. The Morgan fingerprint density at radius 3 is 2.42 bits per heavy atom. The molecule has 2 aromatic carbocycles. The molecule has 1 atom stereocenters. The van der Waals surface area contributed by atoms with Crippen molar-refractivity contribution < 1.29 is 19.5 Å². The number of fused-ring (bicyclic) bond motifs is 1. The van der Waals surface area contributed by atoms with Crippen LogP contribution in [0.4, 0.5) is 0 Å². The second kappa shape index (κ2) is 11.9. The van der Waals surface area contributed by atoms with Crippen LogP contribution >= 0.6 is 23.2 Å². The average molecular weight is 575 g/mol. The fourth-order valence-corrected chi connectivity index (χ4v) is 5.23. The summed E-state index contributed by atoms with van der Waals surface area (Å²) in [6.07, 6.45) is 5.98. The molecule has 0 saturated heterocycles. The number of rotatable bonds is 7. The maximum atomic E-state index is 13.2. The van der Waals surface area contributed by atoms with Crippen molar-refractivity contribution in [2.45, 2.75) is 18.9 Å². The summed E-state index contributed by atoms with van der Waals surface area (Å²) >= 11 is 12.2. The Kier molecular flexibility index (Phi) is 8.09. The van der Waals surface area contributed by atoms with Crippen LogP contribution in [0.3, 0.4) is 0 Å². The molecule has 2 N–H and O–H groups in total. The normalized spacial score (nSPS) is 13.9. The minimum atomic E-state index is -1.23. The van der Waals surface area contributed by atoms with Gasteiger partial charge in [-0.05, 0) is 47.9 Å². The summed E-state index contributed by atoms with van der Waals surface area (Å²) in [4.78, 5) is 48.3. The van der Waals surface area contributed by atoms with Gasteiger partial charge in [0.2, 0.25) is 0 Å². The SMILES string of the molecule is O=C(N[C@@H](Cc1ccc(C2=CCN(C(=O)c3ccnc4ccccc34)CC2)cn1)C(=O)O)c1c(Cl)cccc1Cl. The van der Waals surface area contributed by atoms with E-state index in [0.717, 1.165) is 22.0 Å². The van der Waals surface area contributed by atoms with Crippen molar-refractivity contribution in [2.24, 2.45) is 0 Å². The third-order valence-corrected chi connectivity index (χ3v) is 7.41. The number of nitrogens with zero attached hydrogens (tertiary/aromatic N) is 3. The number of hydrogen-bond donors (Lipinski definition) is 2. The monoisotopic (exact) mass is 574 g/mol. The van der Waals surface area contributed by atoms with E-state index in [0.29, 0.717) is 30.8 Å². The van der Waals surface area contributed by atoms with Crippen LogP contribution in [0.2, 0.25) is 10.0 Å². The van der Waals surface area contributed by atoms with Gasteiger partial charge in [0.05, 0.1) is 26.7 Å². The fraction of sp³-hybridized carbons (Fsp3) is 0.167. The standard InChI is InChI=1S/C30H24Cl2N4O4/c31-23-5-3-6-24(32)27(23)28(37)35-26(30(39)40)16-20-9-8-19(17-34-20)18-11-14-36(15-12-18)29(38)22-10-13-33-25-7-2-1-4-21(22)25/h1-11,13,17,26H,12,14-16H2,(H,35,37)(H,39,40)/t26-/m0/s1. The van der Waals surface area contributed by atoms with E-state index in [2.05, 4.69) is 15.3 Å². The van der Waals surface area contributed by atoms with Crippen molar-refractivity contribution >= 4 is 57.5 Å². The number of pyridine rings is 2. The van der Waals surface area contributed by atoms with Gasteiger partial charge in [-0.15, -0.1) is 0 Å². The van der Waals surface area contributed by atoms with E-state index >= 15 is 0 Å². The van der Waals surface area contributed by atoms with E-state index in [1.165, 1.54) is 12.1 Å². The van der Waals surface area contributed by atoms with Crippen LogP contribution in [0.15, 0.2) is 79.1 Å². The lowest BCUT2D eigenvalue weighted by Crippen LogP contribution is -2.42. The first-order valence-electron chi connectivity index (χ1n) is 12.6. The van der Waals surface area contributed by atoms with Gasteiger partial charge in [0.15, 0.2) is 0 Å². The van der Waals surface area contributed by atoms with Gasteiger partial charge < -0.3 is 15.3 Å². The number of amides is 2. The maximum absolute atomic E-state index is 13.2. The molecule has 0 unspecified atom stereocenters. The summed E-state index contributed by atoms with van der Waals surface area (Å²) in [5, 5.41) is 13.3. The minimum absolute atomic E-state index is 0.0225. The highest BCUT2D eigenvalue weighted by Gasteiger charge is 2.25. The third kappa shape index (κ3) is 5.83. The Morgan fingerprint density at radius 2 is 1.75 bits per heavy atom. The van der Waals surface area contributed by atoms with E-state index in [9.17, 15) is 19.5 Å². The number of aliphatic carboxylic acids is 1. The summed E-state index contributed by atoms with van der Waals surface area (Å²) in [6.45, 7) is 1.02. The Hall–Kier alpha value is -4.27. The lowest BCUT2D eigenvalue weighted by atomic mass is 9.99. The third-order valence-electron chi connectivity index (χ3n) is 6.78. The zero-order chi connectivity index (χ0) is 28.2. The fourth-order valence-electron chi connectivity index (χ4n) is 4.66. The first-order chi connectivity index (χ1) is 19.3. The van der Waals surface area contributed by atoms with Crippen molar-refractivity contribution in [1.29, 1.82) is 0 Å². The van der Waals surface area contributed by atoms with Gasteiger partial charge >= 0.3 is 5.97 Å². The van der Waals surface area contributed by atoms with Crippen LogP contribution in [-0.4, -0.2) is 56.9 Å². The van der Waals surface area contributed by atoms with Gasteiger partial charge in [-0.2, -0.15) is 0 Å². The van der Waals surface area contributed by atoms with E-state index < -0.39 is 17.9 Å². The largest absolute Gasteiger partial charge is 0.480 e.